The number of hydrogen-bond donors (Lipinski definition) is 2. The maximum atomic E-state index is 11.4. The first-order valence-electron chi connectivity index (χ1n) is 7.11. The molecule has 0 saturated heterocycles. The second-order valence-electron chi connectivity index (χ2n) is 4.97. The van der Waals surface area contributed by atoms with Crippen LogP contribution in [0, 0.1) is 11.3 Å². The molecule has 3 N–H and O–H groups in total. The zero-order chi connectivity index (χ0) is 16.9. The molecule has 0 aliphatic heterocycles. The van der Waals surface area contributed by atoms with Crippen LogP contribution < -0.4 is 10.5 Å². The Morgan fingerprint density at radius 2 is 2.04 bits per heavy atom. The summed E-state index contributed by atoms with van der Waals surface area (Å²) in [4.78, 5) is 11.4. The minimum Gasteiger partial charge on any atom is -0.489 e. The lowest BCUT2D eigenvalue weighted by Crippen LogP contribution is -2.12. The number of aromatic amines is 1. The Balaban J connectivity index is 1.82. The maximum absolute atomic E-state index is 11.4. The van der Waals surface area contributed by atoms with E-state index in [-0.39, 0.29) is 12.3 Å². The molecule has 2 aromatic carbocycles. The molecule has 118 valence electrons. The zero-order valence-electron chi connectivity index (χ0n) is 12.6. The van der Waals surface area contributed by atoms with Gasteiger partial charge in [0.1, 0.15) is 18.1 Å². The summed E-state index contributed by atoms with van der Waals surface area (Å²) < 4.78 is 5.75. The van der Waals surface area contributed by atoms with Crippen molar-refractivity contribution in [3.05, 3.63) is 65.4 Å². The number of nitrogens with zero attached hydrogens (tertiary/aromatic N) is 3. The molecule has 0 aliphatic carbocycles. The van der Waals surface area contributed by atoms with Gasteiger partial charge in [0.15, 0.2) is 5.69 Å². The number of benzene rings is 2. The van der Waals surface area contributed by atoms with Gasteiger partial charge in [-0.15, -0.1) is 0 Å². The Labute approximate surface area is 137 Å². The van der Waals surface area contributed by atoms with Crippen LogP contribution in [0.25, 0.3) is 11.3 Å². The third kappa shape index (κ3) is 3.08. The quantitative estimate of drug-likeness (QED) is 0.746. The molecule has 0 saturated carbocycles. The Morgan fingerprint density at radius 1 is 1.21 bits per heavy atom. The fourth-order valence-electron chi connectivity index (χ4n) is 2.25. The van der Waals surface area contributed by atoms with E-state index in [0.29, 0.717) is 22.6 Å². The lowest BCUT2D eigenvalue weighted by Gasteiger charge is -2.08. The minimum atomic E-state index is -0.659. The van der Waals surface area contributed by atoms with Crippen LogP contribution in [-0.4, -0.2) is 21.3 Å². The molecule has 7 heteroatoms. The summed E-state index contributed by atoms with van der Waals surface area (Å²) in [7, 11) is 0. The van der Waals surface area contributed by atoms with Gasteiger partial charge in [-0.1, -0.05) is 30.3 Å². The van der Waals surface area contributed by atoms with E-state index in [1.165, 1.54) is 0 Å². The standard InChI is InChI=1S/C17H13N5O2/c18-9-12-4-1-2-5-13(12)10-24-14-7-3-6-11(8-14)15-16(17(19)23)21-22-20-15/h1-8H,10H2,(H2,19,23)(H,20,21,22). The third-order valence-electron chi connectivity index (χ3n) is 3.42. The van der Waals surface area contributed by atoms with E-state index in [4.69, 9.17) is 15.7 Å². The topological polar surface area (TPSA) is 118 Å². The van der Waals surface area contributed by atoms with Gasteiger partial charge in [-0.2, -0.15) is 20.7 Å². The van der Waals surface area contributed by atoms with Crippen molar-refractivity contribution in [2.45, 2.75) is 6.61 Å². The highest BCUT2D eigenvalue weighted by atomic mass is 16.5. The molecule has 24 heavy (non-hydrogen) atoms. The molecule has 7 nitrogen and oxygen atoms in total. The average molecular weight is 319 g/mol. The normalized spacial score (nSPS) is 10.1. The van der Waals surface area contributed by atoms with Crippen LogP contribution in [0.4, 0.5) is 0 Å². The highest BCUT2D eigenvalue weighted by Crippen LogP contribution is 2.24. The molecule has 3 rings (SSSR count). The van der Waals surface area contributed by atoms with Gasteiger partial charge < -0.3 is 10.5 Å². The lowest BCUT2D eigenvalue weighted by molar-refractivity contribution is 0.0996. The van der Waals surface area contributed by atoms with E-state index in [1.807, 2.05) is 12.1 Å². The van der Waals surface area contributed by atoms with Crippen molar-refractivity contribution in [3.63, 3.8) is 0 Å². The molecular weight excluding hydrogens is 306 g/mol. The SMILES string of the molecule is N#Cc1ccccc1COc1cccc(-c2n[nH]nc2C(N)=O)c1. The zero-order valence-corrected chi connectivity index (χ0v) is 12.6. The van der Waals surface area contributed by atoms with Gasteiger partial charge >= 0.3 is 0 Å². The number of nitriles is 1. The van der Waals surface area contributed by atoms with Crippen molar-refractivity contribution in [2.75, 3.05) is 0 Å². The van der Waals surface area contributed by atoms with Crippen molar-refractivity contribution in [3.8, 4) is 23.1 Å². The summed E-state index contributed by atoms with van der Waals surface area (Å²) in [6.45, 7) is 0.259. The summed E-state index contributed by atoms with van der Waals surface area (Å²) in [5.41, 5.74) is 7.74. The molecule has 0 unspecified atom stereocenters. The molecular formula is C17H13N5O2. The van der Waals surface area contributed by atoms with E-state index < -0.39 is 5.91 Å². The molecule has 1 amide bonds. The molecule has 1 heterocycles. The fourth-order valence-corrected chi connectivity index (χ4v) is 2.25. The van der Waals surface area contributed by atoms with Crippen molar-refractivity contribution in [2.24, 2.45) is 5.73 Å². The predicted octanol–water partition coefficient (Wildman–Crippen LogP) is 2.02. The van der Waals surface area contributed by atoms with E-state index in [0.717, 1.165) is 5.56 Å². The molecule has 0 radical (unpaired) electrons. The van der Waals surface area contributed by atoms with Crippen LogP contribution in [-0.2, 0) is 6.61 Å². The second kappa shape index (κ2) is 6.62. The van der Waals surface area contributed by atoms with Crippen LogP contribution in [0.5, 0.6) is 5.75 Å². The first-order chi connectivity index (χ1) is 11.7. The van der Waals surface area contributed by atoms with Crippen molar-refractivity contribution >= 4 is 5.91 Å². The molecule has 0 fully saturated rings. The fraction of sp³-hybridized carbons (Fsp3) is 0.0588. The van der Waals surface area contributed by atoms with Gasteiger partial charge in [-0.3, -0.25) is 4.79 Å². The largest absolute Gasteiger partial charge is 0.489 e. The van der Waals surface area contributed by atoms with Crippen LogP contribution in [0.1, 0.15) is 21.6 Å². The molecule has 0 aliphatic rings. The summed E-state index contributed by atoms with van der Waals surface area (Å²) in [6.07, 6.45) is 0. The number of ether oxygens (including phenoxy) is 1. The van der Waals surface area contributed by atoms with Gasteiger partial charge in [0.25, 0.3) is 5.91 Å². The average Bonchev–Trinajstić information content (AvgIpc) is 3.10. The van der Waals surface area contributed by atoms with Crippen LogP contribution in [0.2, 0.25) is 0 Å². The Bertz CT molecular complexity index is 926. The molecule has 0 bridgehead atoms. The second-order valence-corrected chi connectivity index (χ2v) is 4.97. The first kappa shape index (κ1) is 15.2. The number of rotatable bonds is 5. The van der Waals surface area contributed by atoms with Gasteiger partial charge in [0.05, 0.1) is 11.6 Å². The summed E-state index contributed by atoms with van der Waals surface area (Å²) in [5.74, 6) is -0.0771. The number of H-pyrrole nitrogens is 1. The summed E-state index contributed by atoms with van der Waals surface area (Å²) in [5, 5.41) is 19.2. The van der Waals surface area contributed by atoms with Gasteiger partial charge in [0, 0.05) is 11.1 Å². The molecule has 0 spiro atoms. The monoisotopic (exact) mass is 319 g/mol. The number of hydrogen-bond acceptors (Lipinski definition) is 5. The number of carbonyl (C=O) groups is 1. The molecule has 0 atom stereocenters. The third-order valence-corrected chi connectivity index (χ3v) is 3.42. The van der Waals surface area contributed by atoms with Crippen LogP contribution in [0.3, 0.4) is 0 Å². The molecule has 1 aromatic heterocycles. The van der Waals surface area contributed by atoms with E-state index in [1.54, 1.807) is 36.4 Å². The van der Waals surface area contributed by atoms with E-state index >= 15 is 0 Å². The lowest BCUT2D eigenvalue weighted by atomic mass is 10.1. The Morgan fingerprint density at radius 3 is 2.83 bits per heavy atom. The highest BCUT2D eigenvalue weighted by molar-refractivity contribution is 5.96. The number of aromatic nitrogens is 3. The van der Waals surface area contributed by atoms with E-state index in [9.17, 15) is 4.79 Å². The van der Waals surface area contributed by atoms with Crippen molar-refractivity contribution < 1.29 is 9.53 Å². The van der Waals surface area contributed by atoms with Crippen LogP contribution >= 0.6 is 0 Å². The summed E-state index contributed by atoms with van der Waals surface area (Å²) in [6, 6.07) is 16.4. The van der Waals surface area contributed by atoms with Crippen molar-refractivity contribution in [1.82, 2.24) is 15.4 Å². The van der Waals surface area contributed by atoms with E-state index in [2.05, 4.69) is 21.5 Å². The Hall–Kier alpha value is -3.66. The van der Waals surface area contributed by atoms with Gasteiger partial charge in [-0.05, 0) is 18.2 Å². The highest BCUT2D eigenvalue weighted by Gasteiger charge is 2.15. The smallest absolute Gasteiger partial charge is 0.271 e. The number of amides is 1. The number of primary amides is 1. The number of carbonyl (C=O) groups excluding carboxylic acids is 1. The van der Waals surface area contributed by atoms with Crippen LogP contribution in [0.15, 0.2) is 48.5 Å². The Kier molecular flexibility index (Phi) is 4.21. The number of nitrogens with two attached hydrogens (primary N) is 1. The number of nitrogens with one attached hydrogen (secondary N) is 1. The predicted molar refractivity (Wildman–Crippen MR) is 85.8 cm³/mol. The minimum absolute atomic E-state index is 0.0713. The van der Waals surface area contributed by atoms with Gasteiger partial charge in [-0.25, -0.2) is 0 Å². The van der Waals surface area contributed by atoms with Gasteiger partial charge in [0.2, 0.25) is 0 Å². The summed E-state index contributed by atoms with van der Waals surface area (Å²) >= 11 is 0. The first-order valence-corrected chi connectivity index (χ1v) is 7.11. The van der Waals surface area contributed by atoms with Crippen molar-refractivity contribution in [1.29, 1.82) is 5.26 Å². The maximum Gasteiger partial charge on any atom is 0.271 e. The molecule has 3 aromatic rings.